The highest BCUT2D eigenvalue weighted by molar-refractivity contribution is 5.21. The molecule has 0 radical (unpaired) electrons. The van der Waals surface area contributed by atoms with Crippen LogP contribution in [-0.4, -0.2) is 22.8 Å². The van der Waals surface area contributed by atoms with Crippen LogP contribution in [0.25, 0.3) is 0 Å². The average Bonchev–Trinajstić information content (AvgIpc) is 2.74. The molecule has 0 spiro atoms. The first-order chi connectivity index (χ1) is 8.79. The molecule has 1 aromatic heterocycles. The lowest BCUT2D eigenvalue weighted by molar-refractivity contribution is 0.0522. The fourth-order valence-electron chi connectivity index (χ4n) is 3.75. The molecule has 0 saturated heterocycles. The van der Waals surface area contributed by atoms with Gasteiger partial charge in [0.05, 0.1) is 11.8 Å². The summed E-state index contributed by atoms with van der Waals surface area (Å²) in [5, 5.41) is 0. The van der Waals surface area contributed by atoms with E-state index in [1.54, 1.807) is 0 Å². The molecule has 0 aliphatic heterocycles. The normalized spacial score (nSPS) is 28.1. The topological polar surface area (TPSA) is 27.1 Å². The lowest BCUT2D eigenvalue weighted by Crippen LogP contribution is -2.26. The summed E-state index contributed by atoms with van der Waals surface area (Å²) < 4.78 is 8.11. The molecule has 1 heterocycles. The Bertz CT molecular complexity index is 424. The predicted octanol–water partition coefficient (Wildman–Crippen LogP) is 3.20. The quantitative estimate of drug-likeness (QED) is 0.803. The summed E-state index contributed by atoms with van der Waals surface area (Å²) in [5.41, 5.74) is 2.90. The van der Waals surface area contributed by atoms with E-state index < -0.39 is 0 Å². The van der Waals surface area contributed by atoms with Gasteiger partial charge in [-0.05, 0) is 58.3 Å². The Balaban J connectivity index is 1.89. The summed E-state index contributed by atoms with van der Waals surface area (Å²) in [7, 11) is 1.85. The lowest BCUT2D eigenvalue weighted by Gasteiger charge is -2.31. The summed E-state index contributed by atoms with van der Waals surface area (Å²) in [6.45, 7) is 2.18. The second kappa shape index (κ2) is 5.04. The fraction of sp³-hybridized carbons (Fsp3) is 0.800. The molecule has 2 aliphatic rings. The maximum absolute atomic E-state index is 5.57. The van der Waals surface area contributed by atoms with Crippen LogP contribution in [0.4, 0.5) is 0 Å². The van der Waals surface area contributed by atoms with Gasteiger partial charge in [-0.2, -0.15) is 0 Å². The van der Waals surface area contributed by atoms with E-state index in [2.05, 4.69) is 11.5 Å². The highest BCUT2D eigenvalue weighted by Crippen LogP contribution is 2.34. The number of rotatable bonds is 2. The van der Waals surface area contributed by atoms with Crippen LogP contribution in [0.1, 0.15) is 61.8 Å². The van der Waals surface area contributed by atoms with Gasteiger partial charge in [0.2, 0.25) is 0 Å². The third-order valence-electron chi connectivity index (χ3n) is 4.64. The van der Waals surface area contributed by atoms with Crippen LogP contribution in [0.15, 0.2) is 0 Å². The van der Waals surface area contributed by atoms with E-state index in [1.165, 1.54) is 68.6 Å². The molecule has 1 fully saturated rings. The molecule has 100 valence electrons. The number of nitrogens with zero attached hydrogens (tertiary/aromatic N) is 2. The van der Waals surface area contributed by atoms with E-state index in [9.17, 15) is 0 Å². The number of imidazole rings is 1. The number of aromatic nitrogens is 2. The van der Waals surface area contributed by atoms with Gasteiger partial charge in [-0.25, -0.2) is 4.98 Å². The number of methoxy groups -OCH3 is 1. The smallest absolute Gasteiger partial charge is 0.106 e. The molecule has 3 heteroatoms. The minimum atomic E-state index is 0.449. The summed E-state index contributed by atoms with van der Waals surface area (Å²) in [6, 6.07) is 0.623. The Hall–Kier alpha value is -0.830. The van der Waals surface area contributed by atoms with Gasteiger partial charge in [-0.1, -0.05) is 0 Å². The fourth-order valence-corrected chi connectivity index (χ4v) is 3.75. The highest BCUT2D eigenvalue weighted by Gasteiger charge is 2.28. The van der Waals surface area contributed by atoms with Crippen molar-refractivity contribution in [2.75, 3.05) is 7.11 Å². The molecule has 0 amide bonds. The van der Waals surface area contributed by atoms with Crippen molar-refractivity contribution in [1.82, 2.24) is 9.55 Å². The van der Waals surface area contributed by atoms with Crippen molar-refractivity contribution < 1.29 is 4.74 Å². The van der Waals surface area contributed by atoms with Crippen LogP contribution in [0.2, 0.25) is 0 Å². The number of hydrogen-bond donors (Lipinski definition) is 0. The Kier molecular flexibility index (Phi) is 3.42. The van der Waals surface area contributed by atoms with E-state index in [-0.39, 0.29) is 0 Å². The van der Waals surface area contributed by atoms with Crippen molar-refractivity contribution in [1.29, 1.82) is 0 Å². The summed E-state index contributed by atoms with van der Waals surface area (Å²) in [4.78, 5) is 4.80. The zero-order valence-electron chi connectivity index (χ0n) is 11.6. The van der Waals surface area contributed by atoms with E-state index in [0.717, 1.165) is 0 Å². The summed E-state index contributed by atoms with van der Waals surface area (Å²) in [5.74, 6) is 1.23. The number of ether oxygens (including phenoxy) is 1. The van der Waals surface area contributed by atoms with Crippen LogP contribution >= 0.6 is 0 Å². The number of fused-ring (bicyclic) bond motifs is 1. The number of aryl methyl sites for hydroxylation is 2. The van der Waals surface area contributed by atoms with Gasteiger partial charge in [0, 0.05) is 18.8 Å². The Labute approximate surface area is 110 Å². The summed E-state index contributed by atoms with van der Waals surface area (Å²) in [6.07, 6.45) is 10.5. The first-order valence-electron chi connectivity index (χ1n) is 7.39. The molecule has 2 atom stereocenters. The van der Waals surface area contributed by atoms with Gasteiger partial charge >= 0.3 is 0 Å². The van der Waals surface area contributed by atoms with Gasteiger partial charge in [-0.3, -0.25) is 0 Å². The highest BCUT2D eigenvalue weighted by atomic mass is 16.5. The maximum Gasteiger partial charge on any atom is 0.106 e. The average molecular weight is 248 g/mol. The molecule has 0 N–H and O–H groups in total. The van der Waals surface area contributed by atoms with Crippen molar-refractivity contribution >= 4 is 0 Å². The minimum absolute atomic E-state index is 0.449. The molecular weight excluding hydrogens is 224 g/mol. The standard InChI is InChI=1S/C15H24N2O/c1-11-16-14-8-3-4-9-15(14)17(11)12-6-5-7-13(10-12)18-2/h12-13H,3-10H2,1-2H3. The van der Waals surface area contributed by atoms with E-state index in [4.69, 9.17) is 9.72 Å². The maximum atomic E-state index is 5.57. The second-order valence-electron chi connectivity index (χ2n) is 5.81. The molecule has 18 heavy (non-hydrogen) atoms. The Morgan fingerprint density at radius 2 is 2.00 bits per heavy atom. The SMILES string of the molecule is COC1CCCC(n2c(C)nc3c2CCCC3)C1. The third-order valence-corrected chi connectivity index (χ3v) is 4.64. The predicted molar refractivity (Wildman–Crippen MR) is 71.9 cm³/mol. The number of hydrogen-bond acceptors (Lipinski definition) is 2. The van der Waals surface area contributed by atoms with Crippen molar-refractivity contribution in [2.45, 2.75) is 70.4 Å². The van der Waals surface area contributed by atoms with Crippen molar-refractivity contribution in [3.05, 3.63) is 17.2 Å². The van der Waals surface area contributed by atoms with Crippen LogP contribution in [0, 0.1) is 6.92 Å². The molecule has 1 saturated carbocycles. The van der Waals surface area contributed by atoms with E-state index in [1.807, 2.05) is 7.11 Å². The molecule has 0 bridgehead atoms. The van der Waals surface area contributed by atoms with Crippen LogP contribution in [-0.2, 0) is 17.6 Å². The van der Waals surface area contributed by atoms with Gasteiger partial charge in [0.1, 0.15) is 5.82 Å². The Morgan fingerprint density at radius 1 is 1.17 bits per heavy atom. The van der Waals surface area contributed by atoms with Gasteiger partial charge in [-0.15, -0.1) is 0 Å². The van der Waals surface area contributed by atoms with Crippen molar-refractivity contribution in [2.24, 2.45) is 0 Å². The molecule has 2 aliphatic carbocycles. The zero-order valence-corrected chi connectivity index (χ0v) is 11.6. The molecule has 3 rings (SSSR count). The monoisotopic (exact) mass is 248 g/mol. The first kappa shape index (κ1) is 12.2. The van der Waals surface area contributed by atoms with Crippen molar-refractivity contribution in [3.8, 4) is 0 Å². The minimum Gasteiger partial charge on any atom is -0.381 e. The first-order valence-corrected chi connectivity index (χ1v) is 7.39. The zero-order chi connectivity index (χ0) is 12.5. The van der Waals surface area contributed by atoms with Crippen LogP contribution < -0.4 is 0 Å². The van der Waals surface area contributed by atoms with Crippen LogP contribution in [0.3, 0.4) is 0 Å². The molecule has 1 aromatic rings. The molecule has 2 unspecified atom stereocenters. The second-order valence-corrected chi connectivity index (χ2v) is 5.81. The van der Waals surface area contributed by atoms with Gasteiger partial charge < -0.3 is 9.30 Å². The summed E-state index contributed by atoms with van der Waals surface area (Å²) >= 11 is 0. The van der Waals surface area contributed by atoms with Crippen LogP contribution in [0.5, 0.6) is 0 Å². The Morgan fingerprint density at radius 3 is 2.83 bits per heavy atom. The molecule has 3 nitrogen and oxygen atoms in total. The largest absolute Gasteiger partial charge is 0.381 e. The van der Waals surface area contributed by atoms with Gasteiger partial charge in [0.15, 0.2) is 0 Å². The third kappa shape index (κ3) is 2.09. The van der Waals surface area contributed by atoms with E-state index in [0.29, 0.717) is 12.1 Å². The lowest BCUT2D eigenvalue weighted by atomic mass is 9.91. The van der Waals surface area contributed by atoms with Crippen molar-refractivity contribution in [3.63, 3.8) is 0 Å². The molecular formula is C15H24N2O. The van der Waals surface area contributed by atoms with E-state index >= 15 is 0 Å². The molecule has 0 aromatic carbocycles. The van der Waals surface area contributed by atoms with Gasteiger partial charge in [0.25, 0.3) is 0 Å².